The van der Waals surface area contributed by atoms with Gasteiger partial charge in [-0.1, -0.05) is 17.7 Å². The Hall–Kier alpha value is -0.980. The largest absolute Gasteiger partial charge is 0.387 e. The van der Waals surface area contributed by atoms with Crippen molar-refractivity contribution >= 4 is 0 Å². The maximum atomic E-state index is 3.68. The topological polar surface area (TPSA) is 12.0 Å². The van der Waals surface area contributed by atoms with E-state index in [1.807, 2.05) is 18.4 Å². The van der Waals surface area contributed by atoms with Gasteiger partial charge in [0.2, 0.25) is 0 Å². The van der Waals surface area contributed by atoms with Crippen LogP contribution < -0.4 is 5.32 Å². The molecule has 0 fully saturated rings. The lowest BCUT2D eigenvalue weighted by Crippen LogP contribution is -2.12. The van der Waals surface area contributed by atoms with Crippen LogP contribution in [0, 0.1) is 0 Å². The first-order valence-corrected chi connectivity index (χ1v) is 3.62. The lowest BCUT2D eigenvalue weighted by Gasteiger charge is -2.08. The minimum absolute atomic E-state index is 1.00. The summed E-state index contributed by atoms with van der Waals surface area (Å²) in [7, 11) is 0. The number of allylic oxidation sites excluding steroid dienone is 3. The van der Waals surface area contributed by atoms with E-state index in [0.717, 1.165) is 19.4 Å². The van der Waals surface area contributed by atoms with Gasteiger partial charge in [-0.05, 0) is 25.1 Å². The molecule has 0 amide bonds. The predicted molar refractivity (Wildman–Crippen MR) is 44.7 cm³/mol. The van der Waals surface area contributed by atoms with Crippen molar-refractivity contribution in [3.05, 3.63) is 36.6 Å². The van der Waals surface area contributed by atoms with Crippen LogP contribution in [0.15, 0.2) is 36.6 Å². The second-order valence-corrected chi connectivity index (χ2v) is 2.39. The molecule has 0 radical (unpaired) electrons. The van der Waals surface area contributed by atoms with Gasteiger partial charge in [0.1, 0.15) is 0 Å². The Morgan fingerprint density at radius 1 is 1.70 bits per heavy atom. The Morgan fingerprint density at radius 2 is 2.60 bits per heavy atom. The molecule has 0 saturated heterocycles. The van der Waals surface area contributed by atoms with E-state index in [0.29, 0.717) is 0 Å². The van der Waals surface area contributed by atoms with Crippen molar-refractivity contribution in [3.63, 3.8) is 0 Å². The summed E-state index contributed by atoms with van der Waals surface area (Å²) < 4.78 is 0. The molecule has 0 unspecified atom stereocenters. The molecule has 1 nitrogen and oxygen atoms in total. The number of hydrogen-bond donors (Lipinski definition) is 1. The standard InChI is InChI=1S/C9H13N/c1-2-3-5-9-6-4-7-10-8-9/h2,4,6-7,10H,1,3,5,8H2. The van der Waals surface area contributed by atoms with Crippen molar-refractivity contribution in [2.45, 2.75) is 12.8 Å². The van der Waals surface area contributed by atoms with Crippen LogP contribution >= 0.6 is 0 Å². The molecule has 1 N–H and O–H groups in total. The second kappa shape index (κ2) is 3.94. The van der Waals surface area contributed by atoms with Crippen LogP contribution in [0.5, 0.6) is 0 Å². The highest BCUT2D eigenvalue weighted by Crippen LogP contribution is 2.06. The van der Waals surface area contributed by atoms with Crippen LogP contribution in [0.3, 0.4) is 0 Å². The average Bonchev–Trinajstić information content (AvgIpc) is 2.03. The number of rotatable bonds is 3. The highest BCUT2D eigenvalue weighted by molar-refractivity contribution is 5.18. The summed E-state index contributed by atoms with van der Waals surface area (Å²) in [5, 5.41) is 3.16. The Balaban J connectivity index is 2.32. The van der Waals surface area contributed by atoms with E-state index in [2.05, 4.69) is 18.0 Å². The number of dihydropyridines is 1. The summed E-state index contributed by atoms with van der Waals surface area (Å²) in [6.07, 6.45) is 10.4. The average molecular weight is 135 g/mol. The summed E-state index contributed by atoms with van der Waals surface area (Å²) in [6.45, 7) is 4.68. The van der Waals surface area contributed by atoms with Crippen LogP contribution in [0.1, 0.15) is 12.8 Å². The van der Waals surface area contributed by atoms with Crippen LogP contribution in [-0.2, 0) is 0 Å². The van der Waals surface area contributed by atoms with Gasteiger partial charge in [-0.25, -0.2) is 0 Å². The van der Waals surface area contributed by atoms with Crippen LogP contribution in [0.4, 0.5) is 0 Å². The van der Waals surface area contributed by atoms with Crippen LogP contribution in [0.2, 0.25) is 0 Å². The summed E-state index contributed by atoms with van der Waals surface area (Å²) in [5.41, 5.74) is 1.46. The summed E-state index contributed by atoms with van der Waals surface area (Å²) >= 11 is 0. The summed E-state index contributed by atoms with van der Waals surface area (Å²) in [4.78, 5) is 0. The highest BCUT2D eigenvalue weighted by Gasteiger charge is 1.95. The van der Waals surface area contributed by atoms with Crippen LogP contribution in [0.25, 0.3) is 0 Å². The fraction of sp³-hybridized carbons (Fsp3) is 0.333. The Morgan fingerprint density at radius 3 is 3.20 bits per heavy atom. The van der Waals surface area contributed by atoms with E-state index < -0.39 is 0 Å². The third kappa shape index (κ3) is 2.09. The minimum Gasteiger partial charge on any atom is -0.387 e. The van der Waals surface area contributed by atoms with Crippen LogP contribution in [-0.4, -0.2) is 6.54 Å². The molecular formula is C9H13N. The van der Waals surface area contributed by atoms with Gasteiger partial charge in [0.25, 0.3) is 0 Å². The van der Waals surface area contributed by atoms with E-state index >= 15 is 0 Å². The molecule has 0 spiro atoms. The first-order chi connectivity index (χ1) is 4.93. The van der Waals surface area contributed by atoms with E-state index in [4.69, 9.17) is 0 Å². The van der Waals surface area contributed by atoms with E-state index in [1.165, 1.54) is 5.57 Å². The zero-order chi connectivity index (χ0) is 7.23. The maximum absolute atomic E-state index is 3.68. The molecule has 0 bridgehead atoms. The molecule has 0 aliphatic carbocycles. The lowest BCUT2D eigenvalue weighted by molar-refractivity contribution is 0.843. The van der Waals surface area contributed by atoms with Gasteiger partial charge in [0, 0.05) is 6.54 Å². The quantitative estimate of drug-likeness (QED) is 0.583. The molecule has 0 aromatic heterocycles. The second-order valence-electron chi connectivity index (χ2n) is 2.39. The van der Waals surface area contributed by atoms with Gasteiger partial charge in [0.05, 0.1) is 0 Å². The van der Waals surface area contributed by atoms with Crippen molar-refractivity contribution in [3.8, 4) is 0 Å². The molecule has 1 aliphatic rings. The molecule has 1 heterocycles. The molecule has 54 valence electrons. The van der Waals surface area contributed by atoms with Gasteiger partial charge in [-0.15, -0.1) is 6.58 Å². The zero-order valence-electron chi connectivity index (χ0n) is 6.14. The first kappa shape index (κ1) is 7.13. The van der Waals surface area contributed by atoms with Crippen molar-refractivity contribution in [2.75, 3.05) is 6.54 Å². The normalized spacial score (nSPS) is 15.8. The Labute approximate surface area is 62.1 Å². The highest BCUT2D eigenvalue weighted by atomic mass is 14.8. The molecule has 0 aromatic rings. The molecule has 0 aromatic carbocycles. The number of nitrogens with one attached hydrogen (secondary N) is 1. The smallest absolute Gasteiger partial charge is 0.0357 e. The minimum atomic E-state index is 1.00. The first-order valence-electron chi connectivity index (χ1n) is 3.62. The molecular weight excluding hydrogens is 122 g/mol. The number of hydrogen-bond acceptors (Lipinski definition) is 1. The van der Waals surface area contributed by atoms with E-state index in [1.54, 1.807) is 0 Å². The SMILES string of the molecule is C=CCCC1=CC=CNC1. The summed E-state index contributed by atoms with van der Waals surface area (Å²) in [6, 6.07) is 0. The van der Waals surface area contributed by atoms with Gasteiger partial charge >= 0.3 is 0 Å². The maximum Gasteiger partial charge on any atom is 0.0357 e. The zero-order valence-corrected chi connectivity index (χ0v) is 6.14. The summed E-state index contributed by atoms with van der Waals surface area (Å²) in [5.74, 6) is 0. The third-order valence-electron chi connectivity index (χ3n) is 1.54. The Bertz CT molecular complexity index is 166. The van der Waals surface area contributed by atoms with Crippen molar-refractivity contribution < 1.29 is 0 Å². The van der Waals surface area contributed by atoms with Gasteiger partial charge < -0.3 is 5.32 Å². The molecule has 10 heavy (non-hydrogen) atoms. The van der Waals surface area contributed by atoms with Crippen molar-refractivity contribution in [2.24, 2.45) is 0 Å². The van der Waals surface area contributed by atoms with Crippen molar-refractivity contribution in [1.29, 1.82) is 0 Å². The van der Waals surface area contributed by atoms with E-state index in [-0.39, 0.29) is 0 Å². The fourth-order valence-electron chi connectivity index (χ4n) is 0.960. The molecule has 1 rings (SSSR count). The predicted octanol–water partition coefficient (Wildman–Crippen LogP) is 2.00. The monoisotopic (exact) mass is 135 g/mol. The van der Waals surface area contributed by atoms with E-state index in [9.17, 15) is 0 Å². The lowest BCUT2D eigenvalue weighted by atomic mass is 10.1. The van der Waals surface area contributed by atoms with Gasteiger partial charge in [-0.2, -0.15) is 0 Å². The third-order valence-corrected chi connectivity index (χ3v) is 1.54. The fourth-order valence-corrected chi connectivity index (χ4v) is 0.960. The van der Waals surface area contributed by atoms with Gasteiger partial charge in [-0.3, -0.25) is 0 Å². The Kier molecular flexibility index (Phi) is 2.81. The molecule has 1 heteroatoms. The molecule has 0 atom stereocenters. The molecule has 0 saturated carbocycles. The van der Waals surface area contributed by atoms with Gasteiger partial charge in [0.15, 0.2) is 0 Å². The molecule has 1 aliphatic heterocycles. The van der Waals surface area contributed by atoms with Crippen molar-refractivity contribution in [1.82, 2.24) is 5.32 Å².